The standard InChI is InChI=1S/C22H19ClN4O4/c1-31-13-6-7-16-15(10-13)14-8-9-24-19(18(14)25-16)17-20(28)26-22(30)27(21(17)29)12-4-2-11(23)3-5-12/h2-7,10,19,24-25,29H,8-9H2,1H3,(H,26,28,30)/t19-/m1/s1. The molecule has 0 unspecified atom stereocenters. The molecule has 0 saturated heterocycles. The average molecular weight is 439 g/mol. The first-order chi connectivity index (χ1) is 15.0. The number of H-pyrrole nitrogens is 2. The number of fused-ring (bicyclic) bond motifs is 3. The number of aromatic amines is 2. The molecule has 2 aromatic heterocycles. The van der Waals surface area contributed by atoms with Gasteiger partial charge in [-0.3, -0.25) is 9.78 Å². The van der Waals surface area contributed by atoms with E-state index in [-0.39, 0.29) is 5.56 Å². The minimum absolute atomic E-state index is 0.0639. The van der Waals surface area contributed by atoms with Gasteiger partial charge in [-0.2, -0.15) is 0 Å². The first-order valence-electron chi connectivity index (χ1n) is 9.74. The monoisotopic (exact) mass is 438 g/mol. The first-order valence-corrected chi connectivity index (χ1v) is 10.1. The fourth-order valence-corrected chi connectivity index (χ4v) is 4.33. The number of benzene rings is 2. The number of hydrogen-bond donors (Lipinski definition) is 4. The van der Waals surface area contributed by atoms with E-state index >= 15 is 0 Å². The largest absolute Gasteiger partial charge is 0.497 e. The van der Waals surface area contributed by atoms with Crippen LogP contribution in [0.4, 0.5) is 0 Å². The molecule has 0 amide bonds. The zero-order valence-electron chi connectivity index (χ0n) is 16.5. The highest BCUT2D eigenvalue weighted by Gasteiger charge is 2.31. The molecule has 8 nitrogen and oxygen atoms in total. The topological polar surface area (TPSA) is 112 Å². The van der Waals surface area contributed by atoms with E-state index in [9.17, 15) is 14.7 Å². The summed E-state index contributed by atoms with van der Waals surface area (Å²) in [5, 5.41) is 15.8. The number of nitrogens with one attached hydrogen (secondary N) is 3. The number of nitrogens with zero attached hydrogens (tertiary/aromatic N) is 1. The summed E-state index contributed by atoms with van der Waals surface area (Å²) in [5.41, 5.74) is 1.80. The summed E-state index contributed by atoms with van der Waals surface area (Å²) in [6, 6.07) is 11.5. The van der Waals surface area contributed by atoms with E-state index < -0.39 is 23.2 Å². The number of rotatable bonds is 3. The number of aromatic nitrogens is 3. The molecule has 0 bridgehead atoms. The summed E-state index contributed by atoms with van der Waals surface area (Å²) in [4.78, 5) is 31.0. The third-order valence-electron chi connectivity index (χ3n) is 5.65. The minimum Gasteiger partial charge on any atom is -0.497 e. The van der Waals surface area contributed by atoms with Crippen LogP contribution in [0.25, 0.3) is 16.6 Å². The van der Waals surface area contributed by atoms with Crippen LogP contribution in [0, 0.1) is 0 Å². The molecule has 1 atom stereocenters. The highest BCUT2D eigenvalue weighted by Crippen LogP contribution is 2.36. The van der Waals surface area contributed by atoms with Crippen LogP contribution in [0.3, 0.4) is 0 Å². The van der Waals surface area contributed by atoms with E-state index in [2.05, 4.69) is 15.3 Å². The van der Waals surface area contributed by atoms with Crippen molar-refractivity contribution < 1.29 is 9.84 Å². The van der Waals surface area contributed by atoms with Crippen molar-refractivity contribution in [3.8, 4) is 17.3 Å². The van der Waals surface area contributed by atoms with Crippen molar-refractivity contribution in [2.75, 3.05) is 13.7 Å². The Hall–Kier alpha value is -3.49. The van der Waals surface area contributed by atoms with E-state index in [1.54, 1.807) is 31.4 Å². The fourth-order valence-electron chi connectivity index (χ4n) is 4.21. The van der Waals surface area contributed by atoms with Gasteiger partial charge in [0.25, 0.3) is 5.56 Å². The Bertz CT molecular complexity index is 1420. The van der Waals surface area contributed by atoms with Gasteiger partial charge in [0.2, 0.25) is 5.88 Å². The normalized spacial score (nSPS) is 15.7. The highest BCUT2D eigenvalue weighted by molar-refractivity contribution is 6.30. The van der Waals surface area contributed by atoms with Gasteiger partial charge in [0.05, 0.1) is 18.8 Å². The van der Waals surface area contributed by atoms with Crippen LogP contribution in [-0.4, -0.2) is 33.3 Å². The maximum absolute atomic E-state index is 12.8. The molecular formula is C22H19ClN4O4. The molecule has 3 heterocycles. The molecule has 0 spiro atoms. The minimum atomic E-state index is -0.731. The Balaban J connectivity index is 1.72. The van der Waals surface area contributed by atoms with Gasteiger partial charge in [0.15, 0.2) is 0 Å². The highest BCUT2D eigenvalue weighted by atomic mass is 35.5. The van der Waals surface area contributed by atoms with E-state index in [4.69, 9.17) is 16.3 Å². The molecule has 4 aromatic rings. The maximum Gasteiger partial charge on any atom is 0.335 e. The lowest BCUT2D eigenvalue weighted by Crippen LogP contribution is -2.38. The molecular weight excluding hydrogens is 420 g/mol. The molecule has 0 saturated carbocycles. The first kappa shape index (κ1) is 19.5. The summed E-state index contributed by atoms with van der Waals surface area (Å²) < 4.78 is 6.41. The number of aromatic hydroxyl groups is 1. The number of ether oxygens (including phenoxy) is 1. The molecule has 0 fully saturated rings. The van der Waals surface area contributed by atoms with E-state index in [0.717, 1.165) is 38.9 Å². The van der Waals surface area contributed by atoms with Crippen molar-refractivity contribution >= 4 is 22.5 Å². The summed E-state index contributed by atoms with van der Waals surface area (Å²) in [6.45, 7) is 0.598. The second-order valence-electron chi connectivity index (χ2n) is 7.37. The van der Waals surface area contributed by atoms with Gasteiger partial charge in [0, 0.05) is 28.2 Å². The van der Waals surface area contributed by atoms with Crippen LogP contribution >= 0.6 is 11.6 Å². The Labute approximate surface area is 181 Å². The third kappa shape index (κ3) is 3.11. The van der Waals surface area contributed by atoms with Crippen molar-refractivity contribution in [2.24, 2.45) is 0 Å². The summed E-state index contributed by atoms with van der Waals surface area (Å²) in [5.74, 6) is 0.319. The smallest absolute Gasteiger partial charge is 0.335 e. The van der Waals surface area contributed by atoms with Crippen LogP contribution in [-0.2, 0) is 6.42 Å². The average Bonchev–Trinajstić information content (AvgIpc) is 3.13. The molecule has 2 aromatic carbocycles. The lowest BCUT2D eigenvalue weighted by molar-refractivity contribution is 0.409. The van der Waals surface area contributed by atoms with Crippen molar-refractivity contribution in [3.63, 3.8) is 0 Å². The summed E-state index contributed by atoms with van der Waals surface area (Å²) in [7, 11) is 1.61. The van der Waals surface area contributed by atoms with Gasteiger partial charge in [-0.05, 0) is 54.4 Å². The van der Waals surface area contributed by atoms with Crippen molar-refractivity contribution in [2.45, 2.75) is 12.5 Å². The lowest BCUT2D eigenvalue weighted by atomic mass is 9.95. The van der Waals surface area contributed by atoms with Crippen LogP contribution in [0.15, 0.2) is 52.1 Å². The Morgan fingerprint density at radius 1 is 1.13 bits per heavy atom. The van der Waals surface area contributed by atoms with Gasteiger partial charge in [0.1, 0.15) is 11.3 Å². The molecule has 1 aliphatic rings. The Morgan fingerprint density at radius 2 is 1.90 bits per heavy atom. The zero-order chi connectivity index (χ0) is 21.7. The fraction of sp³-hybridized carbons (Fsp3) is 0.182. The summed E-state index contributed by atoms with van der Waals surface area (Å²) in [6.07, 6.45) is 0.745. The van der Waals surface area contributed by atoms with Crippen molar-refractivity contribution in [1.82, 2.24) is 19.9 Å². The van der Waals surface area contributed by atoms with Crippen molar-refractivity contribution in [1.29, 1.82) is 0 Å². The zero-order valence-corrected chi connectivity index (χ0v) is 17.3. The maximum atomic E-state index is 12.8. The molecule has 1 aliphatic heterocycles. The second-order valence-corrected chi connectivity index (χ2v) is 7.81. The molecule has 158 valence electrons. The quantitative estimate of drug-likeness (QED) is 0.393. The molecule has 4 N–H and O–H groups in total. The van der Waals surface area contributed by atoms with E-state index in [1.165, 1.54) is 0 Å². The van der Waals surface area contributed by atoms with E-state index in [1.807, 2.05) is 18.2 Å². The van der Waals surface area contributed by atoms with Gasteiger partial charge < -0.3 is 20.1 Å². The predicted octanol–water partition coefficient (Wildman–Crippen LogP) is 2.61. The van der Waals surface area contributed by atoms with E-state index in [0.29, 0.717) is 17.3 Å². The second kappa shape index (κ2) is 7.33. The lowest BCUT2D eigenvalue weighted by Gasteiger charge is -2.25. The van der Waals surface area contributed by atoms with Gasteiger partial charge in [-0.1, -0.05) is 11.6 Å². The molecule has 9 heteroatoms. The summed E-state index contributed by atoms with van der Waals surface area (Å²) >= 11 is 5.94. The van der Waals surface area contributed by atoms with Gasteiger partial charge in [-0.15, -0.1) is 0 Å². The van der Waals surface area contributed by atoms with Gasteiger partial charge >= 0.3 is 5.69 Å². The molecule has 0 radical (unpaired) electrons. The molecule has 0 aliphatic carbocycles. The Kier molecular flexibility index (Phi) is 4.60. The number of hydrogen-bond acceptors (Lipinski definition) is 5. The number of methoxy groups -OCH3 is 1. The van der Waals surface area contributed by atoms with Gasteiger partial charge in [-0.25, -0.2) is 9.36 Å². The molecule has 31 heavy (non-hydrogen) atoms. The van der Waals surface area contributed by atoms with Crippen LogP contribution in [0.2, 0.25) is 5.02 Å². The van der Waals surface area contributed by atoms with Crippen LogP contribution in [0.5, 0.6) is 11.6 Å². The van der Waals surface area contributed by atoms with Crippen molar-refractivity contribution in [3.05, 3.63) is 85.1 Å². The van der Waals surface area contributed by atoms with Crippen LogP contribution in [0.1, 0.15) is 22.9 Å². The molecule has 5 rings (SSSR count). The van der Waals surface area contributed by atoms with Crippen LogP contribution < -0.4 is 21.3 Å². The predicted molar refractivity (Wildman–Crippen MR) is 118 cm³/mol. The third-order valence-corrected chi connectivity index (χ3v) is 5.90. The number of halogens is 1. The SMILES string of the molecule is COc1ccc2[nH]c3c(c2c1)CCN[C@@H]3c1c(O)n(-c2ccc(Cl)cc2)c(=O)[nH]c1=O. The Morgan fingerprint density at radius 3 is 2.65 bits per heavy atom.